The van der Waals surface area contributed by atoms with E-state index in [4.69, 9.17) is 10.8 Å². The summed E-state index contributed by atoms with van der Waals surface area (Å²) in [5, 5.41) is 8.28. The molecule has 1 fully saturated rings. The predicted molar refractivity (Wildman–Crippen MR) is 28.7 cm³/mol. The van der Waals surface area contributed by atoms with Crippen molar-refractivity contribution in [2.45, 2.75) is 12.0 Å². The first-order chi connectivity index (χ1) is 4.10. The van der Waals surface area contributed by atoms with Crippen LogP contribution < -0.4 is 5.73 Å². The maximum absolute atomic E-state index is 10.1. The molecular weight excluding hydrogens is 122 g/mol. The monoisotopic (exact) mass is 129 g/mol. The molecule has 0 aromatic heterocycles. The van der Waals surface area contributed by atoms with Gasteiger partial charge in [0.25, 0.3) is 0 Å². The molecule has 0 amide bonds. The second-order valence-electron chi connectivity index (χ2n) is 2.33. The van der Waals surface area contributed by atoms with Crippen molar-refractivity contribution in [1.29, 1.82) is 0 Å². The second kappa shape index (κ2) is 1.54. The van der Waals surface area contributed by atoms with Crippen LogP contribution in [0, 0.1) is 5.92 Å². The van der Waals surface area contributed by atoms with Crippen LogP contribution in [0.25, 0.3) is 0 Å². The minimum Gasteiger partial charge on any atom is -0.481 e. The van der Waals surface area contributed by atoms with Gasteiger partial charge in [0.15, 0.2) is 0 Å². The third-order valence-corrected chi connectivity index (χ3v) is 1.56. The van der Waals surface area contributed by atoms with Gasteiger partial charge in [0, 0.05) is 0 Å². The Morgan fingerprint density at radius 3 is 2.56 bits per heavy atom. The van der Waals surface area contributed by atoms with Crippen LogP contribution in [0.5, 0.6) is 0 Å². The zero-order chi connectivity index (χ0) is 7.07. The molecule has 9 heavy (non-hydrogen) atoms. The minimum absolute atomic E-state index is 0.284. The van der Waals surface area contributed by atoms with E-state index >= 15 is 0 Å². The standard InChI is InChI=1S/C5H7NO3/c6-5(2-7)1-3(5)4(8)9/h2-3H,1,6H2,(H,8,9). The van der Waals surface area contributed by atoms with Crippen LogP contribution in [0.4, 0.5) is 0 Å². The van der Waals surface area contributed by atoms with E-state index in [-0.39, 0.29) is 6.42 Å². The van der Waals surface area contributed by atoms with E-state index < -0.39 is 17.4 Å². The summed E-state index contributed by atoms with van der Waals surface area (Å²) >= 11 is 0. The van der Waals surface area contributed by atoms with E-state index in [9.17, 15) is 9.59 Å². The van der Waals surface area contributed by atoms with Crippen LogP contribution in [-0.2, 0) is 9.59 Å². The van der Waals surface area contributed by atoms with Gasteiger partial charge in [0.2, 0.25) is 0 Å². The summed E-state index contributed by atoms with van der Waals surface area (Å²) in [6.07, 6.45) is 0.789. The first-order valence-electron chi connectivity index (χ1n) is 2.58. The summed E-state index contributed by atoms with van der Waals surface area (Å²) in [6.45, 7) is 0. The van der Waals surface area contributed by atoms with Gasteiger partial charge in [-0.1, -0.05) is 0 Å². The van der Waals surface area contributed by atoms with Gasteiger partial charge in [-0.15, -0.1) is 0 Å². The summed E-state index contributed by atoms with van der Waals surface area (Å²) in [7, 11) is 0. The Kier molecular flexibility index (Phi) is 1.06. The molecule has 50 valence electrons. The number of aliphatic carboxylic acids is 1. The van der Waals surface area contributed by atoms with Crippen LogP contribution in [-0.4, -0.2) is 22.9 Å². The number of hydrogen-bond acceptors (Lipinski definition) is 3. The molecule has 0 heterocycles. The van der Waals surface area contributed by atoms with Gasteiger partial charge in [-0.2, -0.15) is 0 Å². The highest BCUT2D eigenvalue weighted by atomic mass is 16.4. The van der Waals surface area contributed by atoms with Crippen molar-refractivity contribution in [3.8, 4) is 0 Å². The SMILES string of the molecule is NC1(C=O)CC1C(=O)O. The number of carboxylic acids is 1. The Labute approximate surface area is 51.7 Å². The van der Waals surface area contributed by atoms with Gasteiger partial charge in [-0.25, -0.2) is 0 Å². The van der Waals surface area contributed by atoms with Crippen molar-refractivity contribution in [3.05, 3.63) is 0 Å². The maximum atomic E-state index is 10.1. The molecule has 0 spiro atoms. The molecule has 0 bridgehead atoms. The highest BCUT2D eigenvalue weighted by Gasteiger charge is 2.56. The van der Waals surface area contributed by atoms with Crippen LogP contribution in [0.1, 0.15) is 6.42 Å². The fourth-order valence-electron chi connectivity index (χ4n) is 0.742. The number of aldehydes is 1. The van der Waals surface area contributed by atoms with E-state index in [2.05, 4.69) is 0 Å². The van der Waals surface area contributed by atoms with E-state index in [1.807, 2.05) is 0 Å². The zero-order valence-corrected chi connectivity index (χ0v) is 4.70. The molecule has 0 radical (unpaired) electrons. The van der Waals surface area contributed by atoms with Gasteiger partial charge in [0.05, 0.1) is 11.5 Å². The first kappa shape index (κ1) is 6.22. The molecular formula is C5H7NO3. The lowest BCUT2D eigenvalue weighted by Gasteiger charge is -1.94. The lowest BCUT2D eigenvalue weighted by Crippen LogP contribution is -2.29. The molecule has 3 N–H and O–H groups in total. The number of carbonyl (C=O) groups excluding carboxylic acids is 1. The summed E-state index contributed by atoms with van der Waals surface area (Å²) in [4.78, 5) is 20.1. The smallest absolute Gasteiger partial charge is 0.308 e. The largest absolute Gasteiger partial charge is 0.481 e. The van der Waals surface area contributed by atoms with E-state index in [1.54, 1.807) is 0 Å². The molecule has 0 aromatic rings. The molecule has 1 aliphatic carbocycles. The van der Waals surface area contributed by atoms with Gasteiger partial charge in [-0.05, 0) is 6.42 Å². The van der Waals surface area contributed by atoms with Crippen molar-refractivity contribution in [3.63, 3.8) is 0 Å². The molecule has 1 rings (SSSR count). The molecule has 0 aromatic carbocycles. The average molecular weight is 129 g/mol. The fourth-order valence-corrected chi connectivity index (χ4v) is 0.742. The Balaban J connectivity index is 2.57. The predicted octanol–water partition coefficient (Wildman–Crippen LogP) is -1.01. The van der Waals surface area contributed by atoms with Crippen LogP contribution in [0.3, 0.4) is 0 Å². The Morgan fingerprint density at radius 2 is 2.44 bits per heavy atom. The normalized spacial score (nSPS) is 39.9. The topological polar surface area (TPSA) is 80.4 Å². The molecule has 0 saturated heterocycles. The van der Waals surface area contributed by atoms with Crippen molar-refractivity contribution in [1.82, 2.24) is 0 Å². The van der Waals surface area contributed by atoms with Crippen molar-refractivity contribution in [2.75, 3.05) is 0 Å². The van der Waals surface area contributed by atoms with Crippen LogP contribution in [0.15, 0.2) is 0 Å². The van der Waals surface area contributed by atoms with Gasteiger partial charge >= 0.3 is 5.97 Å². The Morgan fingerprint density at radius 1 is 1.89 bits per heavy atom. The van der Waals surface area contributed by atoms with Crippen molar-refractivity contribution >= 4 is 12.3 Å². The summed E-state index contributed by atoms with van der Waals surface area (Å²) < 4.78 is 0. The van der Waals surface area contributed by atoms with Crippen LogP contribution in [0.2, 0.25) is 0 Å². The third-order valence-electron chi connectivity index (χ3n) is 1.56. The van der Waals surface area contributed by atoms with E-state index in [0.29, 0.717) is 6.29 Å². The molecule has 2 unspecified atom stereocenters. The van der Waals surface area contributed by atoms with Gasteiger partial charge in [0.1, 0.15) is 6.29 Å². The van der Waals surface area contributed by atoms with Crippen molar-refractivity contribution in [2.24, 2.45) is 11.7 Å². The molecule has 2 atom stereocenters. The molecule has 4 nitrogen and oxygen atoms in total. The number of hydrogen-bond donors (Lipinski definition) is 2. The van der Waals surface area contributed by atoms with Gasteiger partial charge in [-0.3, -0.25) is 4.79 Å². The Bertz CT molecular complexity index is 168. The fraction of sp³-hybridized carbons (Fsp3) is 0.600. The number of carbonyl (C=O) groups is 2. The zero-order valence-electron chi connectivity index (χ0n) is 4.70. The second-order valence-corrected chi connectivity index (χ2v) is 2.33. The molecule has 1 aliphatic rings. The maximum Gasteiger partial charge on any atom is 0.308 e. The average Bonchev–Trinajstić information content (AvgIpc) is 2.44. The summed E-state index contributed by atoms with van der Waals surface area (Å²) in [5.74, 6) is -1.63. The van der Waals surface area contributed by atoms with Crippen LogP contribution >= 0.6 is 0 Å². The molecule has 1 saturated carbocycles. The lowest BCUT2D eigenvalue weighted by molar-refractivity contribution is -0.139. The lowest BCUT2D eigenvalue weighted by atomic mass is 10.2. The first-order valence-corrected chi connectivity index (χ1v) is 2.58. The number of nitrogens with two attached hydrogens (primary N) is 1. The molecule has 4 heteroatoms. The molecule has 0 aliphatic heterocycles. The number of rotatable bonds is 2. The van der Waals surface area contributed by atoms with Crippen molar-refractivity contribution < 1.29 is 14.7 Å². The van der Waals surface area contributed by atoms with E-state index in [1.165, 1.54) is 0 Å². The Hall–Kier alpha value is -0.900. The third kappa shape index (κ3) is 0.810. The summed E-state index contributed by atoms with van der Waals surface area (Å²) in [5.41, 5.74) is 4.19. The van der Waals surface area contributed by atoms with Gasteiger partial charge < -0.3 is 15.6 Å². The quantitative estimate of drug-likeness (QED) is 0.468. The highest BCUT2D eigenvalue weighted by molar-refractivity contribution is 5.86. The van der Waals surface area contributed by atoms with E-state index in [0.717, 1.165) is 0 Å². The number of carboxylic acid groups (broad SMARTS) is 1. The minimum atomic E-state index is -1.05. The summed E-state index contributed by atoms with van der Waals surface area (Å²) in [6, 6.07) is 0. The highest BCUT2D eigenvalue weighted by Crippen LogP contribution is 2.38.